The maximum atomic E-state index is 12.6. The van der Waals surface area contributed by atoms with Crippen LogP contribution in [0.4, 0.5) is 0 Å². The van der Waals surface area contributed by atoms with E-state index in [9.17, 15) is 4.79 Å². The van der Waals surface area contributed by atoms with Gasteiger partial charge >= 0.3 is 0 Å². The van der Waals surface area contributed by atoms with Crippen molar-refractivity contribution < 1.29 is 9.21 Å². The molecule has 1 unspecified atom stereocenters. The van der Waals surface area contributed by atoms with Gasteiger partial charge in [-0.1, -0.05) is 37.3 Å². The van der Waals surface area contributed by atoms with E-state index >= 15 is 0 Å². The number of hydrogen-bond donors (Lipinski definition) is 0. The van der Waals surface area contributed by atoms with Crippen LogP contribution in [-0.2, 0) is 6.54 Å². The molecule has 0 aliphatic rings. The van der Waals surface area contributed by atoms with E-state index in [1.54, 1.807) is 6.07 Å². The van der Waals surface area contributed by atoms with E-state index in [0.717, 1.165) is 12.0 Å². The fraction of sp³-hybridized carbons (Fsp3) is 0.312. The van der Waals surface area contributed by atoms with Gasteiger partial charge in [-0.3, -0.25) is 4.79 Å². The van der Waals surface area contributed by atoms with Gasteiger partial charge < -0.3 is 9.32 Å². The van der Waals surface area contributed by atoms with E-state index in [0.29, 0.717) is 12.1 Å². The Hall–Kier alpha value is -1.74. The van der Waals surface area contributed by atoms with Gasteiger partial charge in [-0.25, -0.2) is 0 Å². The second-order valence-corrected chi connectivity index (χ2v) is 5.13. The summed E-state index contributed by atoms with van der Waals surface area (Å²) in [5.41, 5.74) is 1.52. The third-order valence-electron chi connectivity index (χ3n) is 3.43. The van der Waals surface area contributed by atoms with Crippen LogP contribution in [0.1, 0.15) is 36.2 Å². The maximum Gasteiger partial charge on any atom is 0.259 e. The van der Waals surface area contributed by atoms with Crippen LogP contribution < -0.4 is 0 Å². The number of hydrogen-bond acceptors (Lipinski definition) is 2. The Kier molecular flexibility index (Phi) is 4.85. The molecule has 2 rings (SSSR count). The lowest BCUT2D eigenvalue weighted by molar-refractivity contribution is 0.0671. The zero-order valence-electron chi connectivity index (χ0n) is 11.7. The molecule has 4 heteroatoms. The molecule has 1 aromatic heterocycles. The Labute approximate surface area is 124 Å². The molecule has 1 heterocycles. The zero-order valence-corrected chi connectivity index (χ0v) is 12.4. The third-order valence-corrected chi connectivity index (χ3v) is 3.72. The van der Waals surface area contributed by atoms with Gasteiger partial charge in [-0.15, -0.1) is 0 Å². The third kappa shape index (κ3) is 3.23. The number of halogens is 1. The molecule has 0 saturated carbocycles. The fourth-order valence-corrected chi connectivity index (χ4v) is 2.22. The minimum atomic E-state index is -0.0954. The predicted molar refractivity (Wildman–Crippen MR) is 79.8 cm³/mol. The standard InChI is InChI=1S/C16H18ClNO2/c1-3-12(2)18(11-13-7-5-4-6-8-13)16(19)14-9-10-20-15(14)17/h4-10,12H,3,11H2,1-2H3. The van der Waals surface area contributed by atoms with Crippen molar-refractivity contribution in [2.45, 2.75) is 32.9 Å². The van der Waals surface area contributed by atoms with Gasteiger partial charge in [-0.2, -0.15) is 0 Å². The Morgan fingerprint density at radius 2 is 2.00 bits per heavy atom. The molecule has 0 saturated heterocycles. The van der Waals surface area contributed by atoms with E-state index in [1.165, 1.54) is 6.26 Å². The average molecular weight is 292 g/mol. The summed E-state index contributed by atoms with van der Waals surface area (Å²) in [7, 11) is 0. The molecule has 20 heavy (non-hydrogen) atoms. The van der Waals surface area contributed by atoms with Gasteiger partial charge in [0.2, 0.25) is 5.22 Å². The summed E-state index contributed by atoms with van der Waals surface area (Å²) >= 11 is 5.92. The summed E-state index contributed by atoms with van der Waals surface area (Å²) in [6.45, 7) is 4.66. The second kappa shape index (κ2) is 6.62. The summed E-state index contributed by atoms with van der Waals surface area (Å²) in [4.78, 5) is 14.4. The molecule has 0 radical (unpaired) electrons. The number of carbonyl (C=O) groups excluding carboxylic acids is 1. The van der Waals surface area contributed by atoms with Crippen LogP contribution in [-0.4, -0.2) is 16.8 Å². The number of nitrogens with zero attached hydrogens (tertiary/aromatic N) is 1. The van der Waals surface area contributed by atoms with Crippen molar-refractivity contribution in [2.24, 2.45) is 0 Å². The summed E-state index contributed by atoms with van der Waals surface area (Å²) in [5.74, 6) is -0.0954. The van der Waals surface area contributed by atoms with Crippen molar-refractivity contribution in [3.05, 3.63) is 59.0 Å². The Balaban J connectivity index is 2.24. The van der Waals surface area contributed by atoms with Crippen molar-refractivity contribution in [3.8, 4) is 0 Å². The first kappa shape index (κ1) is 14.7. The van der Waals surface area contributed by atoms with Crippen LogP contribution in [0, 0.1) is 0 Å². The highest BCUT2D eigenvalue weighted by molar-refractivity contribution is 6.32. The first-order valence-corrected chi connectivity index (χ1v) is 7.09. The van der Waals surface area contributed by atoms with Crippen LogP contribution >= 0.6 is 11.6 Å². The van der Waals surface area contributed by atoms with Gasteiger partial charge in [0.1, 0.15) is 0 Å². The first-order valence-electron chi connectivity index (χ1n) is 6.71. The predicted octanol–water partition coefficient (Wildman–Crippen LogP) is 4.37. The molecule has 2 aromatic rings. The van der Waals surface area contributed by atoms with Crippen molar-refractivity contribution in [2.75, 3.05) is 0 Å². The van der Waals surface area contributed by atoms with Gasteiger partial charge in [0, 0.05) is 12.6 Å². The van der Waals surface area contributed by atoms with Crippen molar-refractivity contribution in [1.29, 1.82) is 0 Å². The van der Waals surface area contributed by atoms with E-state index in [4.69, 9.17) is 16.0 Å². The van der Waals surface area contributed by atoms with Gasteiger partial charge in [0.25, 0.3) is 5.91 Å². The smallest absolute Gasteiger partial charge is 0.259 e. The minimum Gasteiger partial charge on any atom is -0.452 e. The highest BCUT2D eigenvalue weighted by atomic mass is 35.5. The summed E-state index contributed by atoms with van der Waals surface area (Å²) in [6.07, 6.45) is 2.32. The molecule has 106 valence electrons. The molecular weight excluding hydrogens is 274 g/mol. The summed E-state index contributed by atoms with van der Waals surface area (Å²) in [5, 5.41) is 0.149. The quantitative estimate of drug-likeness (QED) is 0.819. The van der Waals surface area contributed by atoms with Crippen LogP contribution in [0.25, 0.3) is 0 Å². The topological polar surface area (TPSA) is 33.5 Å². The number of amides is 1. The average Bonchev–Trinajstić information content (AvgIpc) is 2.90. The lowest BCUT2D eigenvalue weighted by atomic mass is 10.1. The normalized spacial score (nSPS) is 12.2. The largest absolute Gasteiger partial charge is 0.452 e. The SMILES string of the molecule is CCC(C)N(Cc1ccccc1)C(=O)c1ccoc1Cl. The van der Waals surface area contributed by atoms with Crippen molar-refractivity contribution in [1.82, 2.24) is 4.90 Å². The van der Waals surface area contributed by atoms with E-state index in [1.807, 2.05) is 42.2 Å². The van der Waals surface area contributed by atoms with Crippen LogP contribution in [0.3, 0.4) is 0 Å². The molecule has 1 aromatic carbocycles. The van der Waals surface area contributed by atoms with Gasteiger partial charge in [-0.05, 0) is 36.6 Å². The Bertz CT molecular complexity index is 565. The molecular formula is C16H18ClNO2. The van der Waals surface area contributed by atoms with Crippen LogP contribution in [0.5, 0.6) is 0 Å². The van der Waals surface area contributed by atoms with Crippen LogP contribution in [0.2, 0.25) is 5.22 Å². The Morgan fingerprint density at radius 1 is 1.30 bits per heavy atom. The number of rotatable bonds is 5. The highest BCUT2D eigenvalue weighted by Crippen LogP contribution is 2.22. The Morgan fingerprint density at radius 3 is 2.55 bits per heavy atom. The summed E-state index contributed by atoms with van der Waals surface area (Å²) in [6, 6.07) is 11.7. The molecule has 0 aliphatic heterocycles. The lowest BCUT2D eigenvalue weighted by Gasteiger charge is -2.28. The summed E-state index contributed by atoms with van der Waals surface area (Å²) < 4.78 is 5.02. The molecule has 0 N–H and O–H groups in total. The first-order chi connectivity index (χ1) is 9.63. The number of furan rings is 1. The van der Waals surface area contributed by atoms with E-state index in [2.05, 4.69) is 6.92 Å². The minimum absolute atomic E-state index is 0.0954. The molecule has 1 atom stereocenters. The van der Waals surface area contributed by atoms with E-state index in [-0.39, 0.29) is 17.2 Å². The maximum absolute atomic E-state index is 12.6. The van der Waals surface area contributed by atoms with Crippen molar-refractivity contribution in [3.63, 3.8) is 0 Å². The monoisotopic (exact) mass is 291 g/mol. The highest BCUT2D eigenvalue weighted by Gasteiger charge is 2.24. The zero-order chi connectivity index (χ0) is 14.5. The fourth-order valence-electron chi connectivity index (χ4n) is 2.03. The molecule has 0 aliphatic carbocycles. The molecule has 0 bridgehead atoms. The molecule has 0 fully saturated rings. The van der Waals surface area contributed by atoms with Crippen LogP contribution in [0.15, 0.2) is 47.1 Å². The number of benzene rings is 1. The molecule has 3 nitrogen and oxygen atoms in total. The second-order valence-electron chi connectivity index (χ2n) is 4.78. The van der Waals surface area contributed by atoms with Crippen molar-refractivity contribution >= 4 is 17.5 Å². The van der Waals surface area contributed by atoms with E-state index < -0.39 is 0 Å². The number of carbonyl (C=O) groups is 1. The van der Waals surface area contributed by atoms with Gasteiger partial charge in [0.15, 0.2) is 0 Å². The molecule has 1 amide bonds. The molecule has 0 spiro atoms. The lowest BCUT2D eigenvalue weighted by Crippen LogP contribution is -2.37. The van der Waals surface area contributed by atoms with Gasteiger partial charge in [0.05, 0.1) is 11.8 Å².